The second-order valence-corrected chi connectivity index (χ2v) is 3.41. The van der Waals surface area contributed by atoms with E-state index < -0.39 is 42.0 Å². The Bertz CT molecular complexity index is 447. The maximum atomic E-state index is 12.5. The van der Waals surface area contributed by atoms with Gasteiger partial charge in [0.1, 0.15) is 17.8 Å². The molecule has 0 aromatic carbocycles. The number of rotatable bonds is 5. The van der Waals surface area contributed by atoms with Gasteiger partial charge in [0.15, 0.2) is 0 Å². The van der Waals surface area contributed by atoms with Gasteiger partial charge < -0.3 is 9.47 Å². The third-order valence-electron chi connectivity index (χ3n) is 1.89. The van der Waals surface area contributed by atoms with Crippen molar-refractivity contribution >= 4 is 11.9 Å². The summed E-state index contributed by atoms with van der Waals surface area (Å²) in [5.41, 5.74) is -3.66. The van der Waals surface area contributed by atoms with E-state index in [-0.39, 0.29) is 12.7 Å². The summed E-state index contributed by atoms with van der Waals surface area (Å²) in [5, 5.41) is 0. The zero-order valence-electron chi connectivity index (χ0n) is 10.6. The minimum atomic E-state index is -5.10. The molecule has 0 fully saturated rings. The third-order valence-corrected chi connectivity index (χ3v) is 1.89. The first-order chi connectivity index (χ1) is 9.41. The molecule has 10 heteroatoms. The smallest absolute Gasteiger partial charge is 0.423 e. The molecule has 0 spiro atoms. The van der Waals surface area contributed by atoms with Crippen LogP contribution in [-0.2, 0) is 19.1 Å². The fourth-order valence-electron chi connectivity index (χ4n) is 0.927. The van der Waals surface area contributed by atoms with Gasteiger partial charge in [0.25, 0.3) is 0 Å². The van der Waals surface area contributed by atoms with Gasteiger partial charge in [-0.1, -0.05) is 6.58 Å². The zero-order valence-corrected chi connectivity index (χ0v) is 10.6. The van der Waals surface area contributed by atoms with E-state index in [0.717, 1.165) is 0 Å². The van der Waals surface area contributed by atoms with Crippen LogP contribution in [0.5, 0.6) is 0 Å². The Morgan fingerprint density at radius 3 is 1.90 bits per heavy atom. The zero-order chi connectivity index (χ0) is 16.8. The summed E-state index contributed by atoms with van der Waals surface area (Å²) in [5.74, 6) is -3.67. The molecule has 0 aromatic rings. The van der Waals surface area contributed by atoms with Crippen molar-refractivity contribution < 1.29 is 45.4 Å². The molecular formula is C11H10F6O4. The van der Waals surface area contributed by atoms with E-state index in [4.69, 9.17) is 0 Å². The van der Waals surface area contributed by atoms with Gasteiger partial charge in [-0.2, -0.15) is 26.3 Å². The lowest BCUT2D eigenvalue weighted by Crippen LogP contribution is -2.24. The summed E-state index contributed by atoms with van der Waals surface area (Å²) in [7, 11) is 0. The van der Waals surface area contributed by atoms with Gasteiger partial charge in [0, 0.05) is 0 Å². The molecule has 0 bridgehead atoms. The van der Waals surface area contributed by atoms with Gasteiger partial charge in [0.2, 0.25) is 0 Å². The molecule has 120 valence electrons. The highest BCUT2D eigenvalue weighted by Gasteiger charge is 2.40. The molecule has 0 saturated carbocycles. The van der Waals surface area contributed by atoms with Crippen LogP contribution in [0.15, 0.2) is 23.8 Å². The summed E-state index contributed by atoms with van der Waals surface area (Å²) < 4.78 is 81.5. The summed E-state index contributed by atoms with van der Waals surface area (Å²) >= 11 is 0. The topological polar surface area (TPSA) is 52.6 Å². The molecule has 0 saturated heterocycles. The van der Waals surface area contributed by atoms with Gasteiger partial charge in [-0.25, -0.2) is 9.59 Å². The second-order valence-electron chi connectivity index (χ2n) is 3.41. The molecule has 0 aliphatic carbocycles. The summed E-state index contributed by atoms with van der Waals surface area (Å²) in [6.45, 7) is 2.14. The number of halogens is 6. The Kier molecular flexibility index (Phi) is 6.46. The Labute approximate surface area is 115 Å². The molecule has 0 aromatic heterocycles. The molecule has 0 N–H and O–H groups in total. The van der Waals surface area contributed by atoms with E-state index in [9.17, 15) is 35.9 Å². The minimum absolute atomic E-state index is 0.111. The Morgan fingerprint density at radius 1 is 1.00 bits per heavy atom. The average Bonchev–Trinajstić information content (AvgIpc) is 2.30. The normalized spacial score (nSPS) is 12.8. The van der Waals surface area contributed by atoms with Crippen molar-refractivity contribution in [3.8, 4) is 0 Å². The quantitative estimate of drug-likeness (QED) is 0.444. The molecule has 0 unspecified atom stereocenters. The van der Waals surface area contributed by atoms with E-state index in [1.165, 1.54) is 6.92 Å². The maximum absolute atomic E-state index is 12.5. The molecule has 21 heavy (non-hydrogen) atoms. The first kappa shape index (κ1) is 19.0. The van der Waals surface area contributed by atoms with Crippen LogP contribution in [-0.4, -0.2) is 37.5 Å². The van der Waals surface area contributed by atoms with Crippen molar-refractivity contribution in [3.63, 3.8) is 0 Å². The van der Waals surface area contributed by atoms with E-state index in [2.05, 4.69) is 16.1 Å². The van der Waals surface area contributed by atoms with Crippen molar-refractivity contribution in [2.45, 2.75) is 19.3 Å². The van der Waals surface area contributed by atoms with Crippen LogP contribution in [0, 0.1) is 0 Å². The van der Waals surface area contributed by atoms with E-state index >= 15 is 0 Å². The Hall–Kier alpha value is -2.00. The van der Waals surface area contributed by atoms with Crippen LogP contribution in [0.1, 0.15) is 6.92 Å². The van der Waals surface area contributed by atoms with Crippen molar-refractivity contribution in [3.05, 3.63) is 23.8 Å². The van der Waals surface area contributed by atoms with Crippen molar-refractivity contribution in [1.29, 1.82) is 0 Å². The SMILES string of the molecule is C=C(C(=O)OC/C=C(\C(=O)OCC)C(F)(F)F)C(F)(F)F. The molecule has 0 radical (unpaired) electrons. The number of ether oxygens (including phenoxy) is 2. The van der Waals surface area contributed by atoms with Gasteiger partial charge in [-0.05, 0) is 13.0 Å². The molecular weight excluding hydrogens is 310 g/mol. The summed E-state index contributed by atoms with van der Waals surface area (Å²) in [6, 6.07) is 0. The van der Waals surface area contributed by atoms with Gasteiger partial charge in [-0.3, -0.25) is 0 Å². The molecule has 0 aliphatic rings. The predicted molar refractivity (Wildman–Crippen MR) is 56.9 cm³/mol. The molecule has 4 nitrogen and oxygen atoms in total. The third kappa shape index (κ3) is 6.32. The second kappa shape index (κ2) is 7.14. The van der Waals surface area contributed by atoms with Crippen molar-refractivity contribution in [1.82, 2.24) is 0 Å². The fourth-order valence-corrected chi connectivity index (χ4v) is 0.927. The molecule has 0 aliphatic heterocycles. The Morgan fingerprint density at radius 2 is 1.52 bits per heavy atom. The highest BCUT2D eigenvalue weighted by atomic mass is 19.4. The molecule has 0 rings (SSSR count). The van der Waals surface area contributed by atoms with Crippen LogP contribution < -0.4 is 0 Å². The lowest BCUT2D eigenvalue weighted by Gasteiger charge is -2.11. The van der Waals surface area contributed by atoms with Gasteiger partial charge >= 0.3 is 24.3 Å². The summed E-state index contributed by atoms with van der Waals surface area (Å²) in [4.78, 5) is 21.9. The molecule has 0 atom stereocenters. The minimum Gasteiger partial charge on any atom is -0.462 e. The number of hydrogen-bond acceptors (Lipinski definition) is 4. The fraction of sp³-hybridized carbons (Fsp3) is 0.455. The first-order valence-electron chi connectivity index (χ1n) is 5.29. The molecule has 0 amide bonds. The van der Waals surface area contributed by atoms with Crippen LogP contribution in [0.4, 0.5) is 26.3 Å². The number of hydrogen-bond donors (Lipinski definition) is 0. The number of carbonyl (C=O) groups excluding carboxylic acids is 2. The maximum Gasteiger partial charge on any atom is 0.423 e. The highest BCUT2D eigenvalue weighted by Crippen LogP contribution is 2.27. The highest BCUT2D eigenvalue weighted by molar-refractivity contribution is 5.90. The van der Waals surface area contributed by atoms with Crippen LogP contribution in [0.2, 0.25) is 0 Å². The van der Waals surface area contributed by atoms with Crippen molar-refractivity contribution in [2.24, 2.45) is 0 Å². The standard InChI is InChI=1S/C11H10F6O4/c1-3-20-9(19)7(11(15,16)17)4-5-21-8(18)6(2)10(12,13)14/h4H,2-3,5H2,1H3/b7-4+. The lowest BCUT2D eigenvalue weighted by atomic mass is 10.2. The van der Waals surface area contributed by atoms with E-state index in [0.29, 0.717) is 0 Å². The first-order valence-corrected chi connectivity index (χ1v) is 5.29. The lowest BCUT2D eigenvalue weighted by molar-refractivity contribution is -0.153. The monoisotopic (exact) mass is 320 g/mol. The number of esters is 2. The van der Waals surface area contributed by atoms with E-state index in [1.807, 2.05) is 0 Å². The van der Waals surface area contributed by atoms with Crippen molar-refractivity contribution in [2.75, 3.05) is 13.2 Å². The van der Waals surface area contributed by atoms with Crippen LogP contribution in [0.25, 0.3) is 0 Å². The average molecular weight is 320 g/mol. The molecule has 0 heterocycles. The van der Waals surface area contributed by atoms with E-state index in [1.54, 1.807) is 0 Å². The van der Waals surface area contributed by atoms with Crippen LogP contribution in [0.3, 0.4) is 0 Å². The van der Waals surface area contributed by atoms with Gasteiger partial charge in [-0.15, -0.1) is 0 Å². The number of alkyl halides is 6. The van der Waals surface area contributed by atoms with Crippen LogP contribution >= 0.6 is 0 Å². The number of carbonyl (C=O) groups is 2. The largest absolute Gasteiger partial charge is 0.462 e. The predicted octanol–water partition coefficient (Wildman–Crippen LogP) is 2.70. The summed E-state index contributed by atoms with van der Waals surface area (Å²) in [6.07, 6.45) is -10.0. The Balaban J connectivity index is 4.85. The van der Waals surface area contributed by atoms with Gasteiger partial charge in [0.05, 0.1) is 6.61 Å².